The number of hydrogen-bond acceptors (Lipinski definition) is 4. The van der Waals surface area contributed by atoms with Gasteiger partial charge in [-0.1, -0.05) is 30.3 Å². The molecule has 160 valence electrons. The van der Waals surface area contributed by atoms with E-state index in [0.717, 1.165) is 37.9 Å². The van der Waals surface area contributed by atoms with Crippen LogP contribution < -0.4 is 0 Å². The molecule has 5 nitrogen and oxygen atoms in total. The molecule has 4 rings (SSSR count). The van der Waals surface area contributed by atoms with E-state index in [4.69, 9.17) is 4.74 Å². The van der Waals surface area contributed by atoms with E-state index in [0.29, 0.717) is 17.2 Å². The summed E-state index contributed by atoms with van der Waals surface area (Å²) in [6, 6.07) is 17.3. The number of phenols is 1. The van der Waals surface area contributed by atoms with Gasteiger partial charge in [-0.2, -0.15) is 0 Å². The number of fused-ring (bicyclic) bond motifs is 1. The quantitative estimate of drug-likeness (QED) is 0.841. The highest BCUT2D eigenvalue weighted by Gasteiger charge is 2.53. The van der Waals surface area contributed by atoms with E-state index in [9.17, 15) is 9.90 Å². The summed E-state index contributed by atoms with van der Waals surface area (Å²) in [5, 5.41) is 10.2. The van der Waals surface area contributed by atoms with Crippen molar-refractivity contribution >= 4 is 5.91 Å². The minimum Gasteiger partial charge on any atom is -0.508 e. The molecule has 5 heteroatoms. The number of rotatable bonds is 4. The Balaban J connectivity index is 1.71. The number of amides is 1. The molecule has 0 aromatic heterocycles. The number of likely N-dealkylation sites (tertiary alicyclic amines) is 1. The number of piperidine rings is 1. The summed E-state index contributed by atoms with van der Waals surface area (Å²) in [6.45, 7) is 1.95. The van der Waals surface area contributed by atoms with Crippen molar-refractivity contribution in [1.29, 1.82) is 0 Å². The Morgan fingerprint density at radius 3 is 2.67 bits per heavy atom. The fourth-order valence-electron chi connectivity index (χ4n) is 5.64. The van der Waals surface area contributed by atoms with Crippen LogP contribution >= 0.6 is 0 Å². The van der Waals surface area contributed by atoms with Gasteiger partial charge in [-0.3, -0.25) is 4.79 Å². The van der Waals surface area contributed by atoms with Gasteiger partial charge < -0.3 is 19.6 Å². The van der Waals surface area contributed by atoms with Crippen molar-refractivity contribution in [2.45, 2.75) is 36.8 Å². The number of ether oxygens (including phenoxy) is 1. The molecule has 0 spiro atoms. The number of aromatic hydroxyl groups is 1. The van der Waals surface area contributed by atoms with Crippen molar-refractivity contribution in [1.82, 2.24) is 9.80 Å². The zero-order chi connectivity index (χ0) is 21.3. The first-order chi connectivity index (χ1) is 14.4. The van der Waals surface area contributed by atoms with E-state index in [2.05, 4.69) is 18.0 Å². The van der Waals surface area contributed by atoms with E-state index in [1.54, 1.807) is 13.2 Å². The lowest BCUT2D eigenvalue weighted by molar-refractivity contribution is -0.0751. The van der Waals surface area contributed by atoms with Gasteiger partial charge >= 0.3 is 0 Å². The molecule has 2 aromatic carbocycles. The maximum atomic E-state index is 13.2. The van der Waals surface area contributed by atoms with Crippen molar-refractivity contribution in [3.05, 3.63) is 65.7 Å². The lowest BCUT2D eigenvalue weighted by atomic mass is 9.56. The fourth-order valence-corrected chi connectivity index (χ4v) is 5.64. The van der Waals surface area contributed by atoms with Crippen LogP contribution in [-0.4, -0.2) is 67.3 Å². The van der Waals surface area contributed by atoms with Gasteiger partial charge in [0.25, 0.3) is 5.91 Å². The van der Waals surface area contributed by atoms with E-state index < -0.39 is 0 Å². The average molecular weight is 409 g/mol. The first-order valence-corrected chi connectivity index (χ1v) is 10.8. The number of hydrogen-bond donors (Lipinski definition) is 1. The smallest absolute Gasteiger partial charge is 0.253 e. The van der Waals surface area contributed by atoms with Crippen LogP contribution in [0.5, 0.6) is 5.75 Å². The van der Waals surface area contributed by atoms with Gasteiger partial charge in [0.2, 0.25) is 0 Å². The Labute approximate surface area is 179 Å². The van der Waals surface area contributed by atoms with Gasteiger partial charge in [0, 0.05) is 43.6 Å². The van der Waals surface area contributed by atoms with Crippen LogP contribution in [0, 0.1) is 5.92 Å². The number of phenolic OH excluding ortho intramolecular Hbond substituents is 1. The van der Waals surface area contributed by atoms with Crippen molar-refractivity contribution in [3.8, 4) is 5.75 Å². The standard InChI is InChI=1S/C25H32N2O3/c1-26-13-12-25(19-10-7-11-21(28)14-19)16-20(15-23(30-3)22(25)17-26)27(2)24(29)18-8-5-4-6-9-18/h4-11,14,20,22-23,28H,12-13,15-17H2,1-3H3/t20-,22-,23?,25-/m0/s1. The molecule has 1 N–H and O–H groups in total. The highest BCUT2D eigenvalue weighted by molar-refractivity contribution is 5.94. The van der Waals surface area contributed by atoms with E-state index in [1.165, 1.54) is 0 Å². The summed E-state index contributed by atoms with van der Waals surface area (Å²) in [6.07, 6.45) is 2.75. The molecule has 1 aliphatic heterocycles. The number of nitrogens with zero attached hydrogens (tertiary/aromatic N) is 2. The molecule has 2 aromatic rings. The summed E-state index contributed by atoms with van der Waals surface area (Å²) >= 11 is 0. The first kappa shape index (κ1) is 20.9. The average Bonchev–Trinajstić information content (AvgIpc) is 2.78. The summed E-state index contributed by atoms with van der Waals surface area (Å²) < 4.78 is 6.02. The maximum absolute atomic E-state index is 13.2. The second-order valence-electron chi connectivity index (χ2n) is 8.98. The molecular formula is C25H32N2O3. The van der Waals surface area contributed by atoms with Crippen LogP contribution in [-0.2, 0) is 10.2 Å². The van der Waals surface area contributed by atoms with Gasteiger partial charge in [-0.15, -0.1) is 0 Å². The van der Waals surface area contributed by atoms with Gasteiger partial charge in [0.1, 0.15) is 5.75 Å². The molecule has 4 atom stereocenters. The van der Waals surface area contributed by atoms with Gasteiger partial charge in [-0.05, 0) is 62.7 Å². The van der Waals surface area contributed by atoms with Crippen molar-refractivity contribution in [2.24, 2.45) is 5.92 Å². The summed E-state index contributed by atoms with van der Waals surface area (Å²) in [4.78, 5) is 17.5. The molecule has 0 bridgehead atoms. The molecule has 1 saturated carbocycles. The third-order valence-corrected chi connectivity index (χ3v) is 7.32. The molecule has 1 saturated heterocycles. The number of carbonyl (C=O) groups is 1. The fraction of sp³-hybridized carbons (Fsp3) is 0.480. The summed E-state index contributed by atoms with van der Waals surface area (Å²) in [5.41, 5.74) is 1.75. The minimum atomic E-state index is -0.125. The third-order valence-electron chi connectivity index (χ3n) is 7.32. The molecule has 2 fully saturated rings. The van der Waals surface area contributed by atoms with E-state index in [1.807, 2.05) is 54.4 Å². The molecule has 1 unspecified atom stereocenters. The Morgan fingerprint density at radius 1 is 1.20 bits per heavy atom. The van der Waals surface area contributed by atoms with Crippen molar-refractivity contribution < 1.29 is 14.6 Å². The van der Waals surface area contributed by atoms with Gasteiger partial charge in [0.05, 0.1) is 6.10 Å². The Bertz CT molecular complexity index is 887. The minimum absolute atomic E-state index is 0.0490. The normalized spacial score (nSPS) is 29.2. The number of benzene rings is 2. The van der Waals surface area contributed by atoms with Crippen LogP contribution in [0.15, 0.2) is 54.6 Å². The SMILES string of the molecule is COC1C[C@H](N(C)C(=O)c2ccccc2)C[C@]2(c3cccc(O)c3)CCN(C)C[C@@H]12. The highest BCUT2D eigenvalue weighted by Crippen LogP contribution is 2.51. The van der Waals surface area contributed by atoms with E-state index in [-0.39, 0.29) is 23.5 Å². The molecule has 1 amide bonds. The number of carbonyl (C=O) groups excluding carboxylic acids is 1. The second-order valence-corrected chi connectivity index (χ2v) is 8.98. The molecule has 2 aliphatic rings. The molecular weight excluding hydrogens is 376 g/mol. The Morgan fingerprint density at radius 2 is 1.97 bits per heavy atom. The summed E-state index contributed by atoms with van der Waals surface area (Å²) in [5.74, 6) is 0.664. The van der Waals surface area contributed by atoms with Gasteiger partial charge in [-0.25, -0.2) is 0 Å². The van der Waals surface area contributed by atoms with Crippen molar-refractivity contribution in [3.63, 3.8) is 0 Å². The molecule has 30 heavy (non-hydrogen) atoms. The van der Waals surface area contributed by atoms with Crippen LogP contribution in [0.25, 0.3) is 0 Å². The predicted molar refractivity (Wildman–Crippen MR) is 118 cm³/mol. The lowest BCUT2D eigenvalue weighted by Gasteiger charge is -2.56. The topological polar surface area (TPSA) is 53.0 Å². The van der Waals surface area contributed by atoms with Crippen LogP contribution in [0.4, 0.5) is 0 Å². The van der Waals surface area contributed by atoms with Crippen LogP contribution in [0.3, 0.4) is 0 Å². The summed E-state index contributed by atoms with van der Waals surface area (Å²) in [7, 11) is 5.86. The number of methoxy groups -OCH3 is 1. The monoisotopic (exact) mass is 408 g/mol. The van der Waals surface area contributed by atoms with E-state index >= 15 is 0 Å². The van der Waals surface area contributed by atoms with Crippen LogP contribution in [0.1, 0.15) is 35.2 Å². The third kappa shape index (κ3) is 3.72. The predicted octanol–water partition coefficient (Wildman–Crippen LogP) is 3.53. The zero-order valence-electron chi connectivity index (χ0n) is 18.1. The highest BCUT2D eigenvalue weighted by atomic mass is 16.5. The largest absolute Gasteiger partial charge is 0.508 e. The Kier molecular flexibility index (Phi) is 5.85. The molecule has 1 aliphatic carbocycles. The molecule has 1 heterocycles. The molecule has 0 radical (unpaired) electrons. The van der Waals surface area contributed by atoms with Crippen LogP contribution in [0.2, 0.25) is 0 Å². The lowest BCUT2D eigenvalue weighted by Crippen LogP contribution is -2.61. The maximum Gasteiger partial charge on any atom is 0.253 e. The van der Waals surface area contributed by atoms with Gasteiger partial charge in [0.15, 0.2) is 0 Å². The zero-order valence-corrected chi connectivity index (χ0v) is 18.1. The Hall–Kier alpha value is -2.37. The first-order valence-electron chi connectivity index (χ1n) is 10.8. The van der Waals surface area contributed by atoms with Crippen molar-refractivity contribution in [2.75, 3.05) is 34.3 Å². The second kappa shape index (κ2) is 8.40.